The fourth-order valence-electron chi connectivity index (χ4n) is 1.69. The zero-order valence-electron chi connectivity index (χ0n) is 14.6. The number of esters is 1. The Hall–Kier alpha value is -2.66. The maximum absolute atomic E-state index is 14.3. The van der Waals surface area contributed by atoms with E-state index in [1.807, 2.05) is 19.6 Å². The molecule has 1 rings (SSSR count). The van der Waals surface area contributed by atoms with Crippen molar-refractivity contribution >= 4 is 25.7 Å². The van der Waals surface area contributed by atoms with Gasteiger partial charge in [-0.15, -0.1) is 5.54 Å². The lowest BCUT2D eigenvalue weighted by molar-refractivity contribution is -0.139. The Balaban J connectivity index is 3.31. The van der Waals surface area contributed by atoms with E-state index < -0.39 is 44.6 Å². The number of halogens is 1. The van der Waals surface area contributed by atoms with E-state index in [4.69, 9.17) is 10.5 Å². The molecular formula is C17H20FNO5Si. The second-order valence-corrected chi connectivity index (χ2v) is 11.0. The number of benzene rings is 1. The van der Waals surface area contributed by atoms with Crippen LogP contribution in [0.15, 0.2) is 12.1 Å². The van der Waals surface area contributed by atoms with Crippen molar-refractivity contribution < 1.29 is 28.2 Å². The van der Waals surface area contributed by atoms with E-state index in [2.05, 4.69) is 16.2 Å². The molecule has 0 saturated carbocycles. The quantitative estimate of drug-likeness (QED) is 0.272. The zero-order valence-corrected chi connectivity index (χ0v) is 15.6. The largest absolute Gasteiger partial charge is 0.482 e. The maximum Gasteiger partial charge on any atom is 0.313 e. The van der Waals surface area contributed by atoms with Gasteiger partial charge in [0.05, 0.1) is 18.2 Å². The van der Waals surface area contributed by atoms with E-state index in [1.54, 1.807) is 0 Å². The molecule has 8 heteroatoms. The van der Waals surface area contributed by atoms with Gasteiger partial charge >= 0.3 is 5.97 Å². The van der Waals surface area contributed by atoms with Crippen LogP contribution in [0.1, 0.15) is 22.3 Å². The van der Waals surface area contributed by atoms with Crippen LogP contribution in [-0.4, -0.2) is 39.5 Å². The highest BCUT2D eigenvalue weighted by Gasteiger charge is 2.20. The molecule has 25 heavy (non-hydrogen) atoms. The monoisotopic (exact) mass is 365 g/mol. The van der Waals surface area contributed by atoms with Crippen LogP contribution in [0.2, 0.25) is 19.6 Å². The van der Waals surface area contributed by atoms with Crippen molar-refractivity contribution in [3.8, 4) is 17.2 Å². The van der Waals surface area contributed by atoms with Gasteiger partial charge in [0.2, 0.25) is 0 Å². The first-order valence-corrected chi connectivity index (χ1v) is 10.9. The Kier molecular flexibility index (Phi) is 6.88. The molecule has 0 heterocycles. The average Bonchev–Trinajstić information content (AvgIpc) is 2.50. The van der Waals surface area contributed by atoms with Gasteiger partial charge in [0.25, 0.3) is 5.91 Å². The van der Waals surface area contributed by atoms with Gasteiger partial charge in [-0.2, -0.15) is 0 Å². The minimum absolute atomic E-state index is 0.0548. The number of primary amides is 1. The van der Waals surface area contributed by atoms with Crippen LogP contribution in [0.25, 0.3) is 0 Å². The highest BCUT2D eigenvalue weighted by molar-refractivity contribution is 6.83. The van der Waals surface area contributed by atoms with E-state index in [0.717, 1.165) is 19.2 Å². The number of rotatable bonds is 6. The molecular weight excluding hydrogens is 345 g/mol. The fraction of sp³-hybridized carbons (Fsp3) is 0.353. The minimum Gasteiger partial charge on any atom is -0.482 e. The molecule has 0 bridgehead atoms. The highest BCUT2D eigenvalue weighted by atomic mass is 28.3. The Morgan fingerprint density at radius 3 is 2.40 bits per heavy atom. The Morgan fingerprint density at radius 2 is 1.88 bits per heavy atom. The summed E-state index contributed by atoms with van der Waals surface area (Å²) in [7, 11) is -0.619. The Labute approximate surface area is 146 Å². The van der Waals surface area contributed by atoms with Crippen molar-refractivity contribution in [2.24, 2.45) is 5.73 Å². The van der Waals surface area contributed by atoms with Crippen molar-refractivity contribution in [3.63, 3.8) is 0 Å². The third-order valence-electron chi connectivity index (χ3n) is 2.84. The molecule has 0 aliphatic rings. The number of hydrogen-bond donors (Lipinski definition) is 1. The molecule has 0 unspecified atom stereocenters. The second kappa shape index (κ2) is 8.44. The van der Waals surface area contributed by atoms with Crippen molar-refractivity contribution in [1.29, 1.82) is 0 Å². The third-order valence-corrected chi connectivity index (χ3v) is 3.72. The average molecular weight is 365 g/mol. The summed E-state index contributed by atoms with van der Waals surface area (Å²) in [6, 6.07) is 2.17. The predicted octanol–water partition coefficient (Wildman–Crippen LogP) is 1.66. The van der Waals surface area contributed by atoms with Gasteiger partial charge in [-0.1, -0.05) is 25.6 Å². The van der Waals surface area contributed by atoms with Crippen LogP contribution >= 0.6 is 0 Å². The summed E-state index contributed by atoms with van der Waals surface area (Å²) in [5.74, 6) is -0.228. The lowest BCUT2D eigenvalue weighted by Gasteiger charge is -2.11. The number of ketones is 1. The summed E-state index contributed by atoms with van der Waals surface area (Å²) in [6.07, 6.45) is -0.609. The van der Waals surface area contributed by atoms with Crippen LogP contribution in [0.4, 0.5) is 4.39 Å². The number of carbonyl (C=O) groups excluding carboxylic acids is 3. The lowest BCUT2D eigenvalue weighted by Crippen LogP contribution is -2.21. The molecule has 0 aliphatic heterocycles. The van der Waals surface area contributed by atoms with Gasteiger partial charge < -0.3 is 15.2 Å². The fourth-order valence-corrected chi connectivity index (χ4v) is 2.20. The third kappa shape index (κ3) is 6.77. The zero-order chi connectivity index (χ0) is 19.2. The van der Waals surface area contributed by atoms with Gasteiger partial charge in [-0.05, 0) is 12.1 Å². The number of methoxy groups -OCH3 is 1. The first-order chi connectivity index (χ1) is 11.5. The number of ether oxygens (including phenoxy) is 2. The van der Waals surface area contributed by atoms with Crippen LogP contribution in [-0.2, 0) is 14.3 Å². The van der Waals surface area contributed by atoms with Crippen LogP contribution < -0.4 is 10.5 Å². The van der Waals surface area contributed by atoms with E-state index in [1.165, 1.54) is 0 Å². The first-order valence-electron chi connectivity index (χ1n) is 7.41. The Morgan fingerprint density at radius 1 is 1.24 bits per heavy atom. The van der Waals surface area contributed by atoms with Gasteiger partial charge in [0.15, 0.2) is 12.4 Å². The topological polar surface area (TPSA) is 95.7 Å². The summed E-state index contributed by atoms with van der Waals surface area (Å²) in [5, 5.41) is 0. The molecule has 1 aromatic carbocycles. The van der Waals surface area contributed by atoms with E-state index >= 15 is 0 Å². The van der Waals surface area contributed by atoms with Crippen LogP contribution in [0.5, 0.6) is 5.75 Å². The summed E-state index contributed by atoms with van der Waals surface area (Å²) < 4.78 is 23.9. The molecule has 2 N–H and O–H groups in total. The van der Waals surface area contributed by atoms with E-state index in [9.17, 15) is 18.8 Å². The van der Waals surface area contributed by atoms with Crippen LogP contribution in [0, 0.1) is 17.3 Å². The number of amides is 1. The van der Waals surface area contributed by atoms with Crippen LogP contribution in [0.3, 0.4) is 0 Å². The molecule has 134 valence electrons. The number of nitrogens with two attached hydrogens (primary N) is 1. The molecule has 0 atom stereocenters. The molecule has 0 saturated heterocycles. The molecule has 1 amide bonds. The van der Waals surface area contributed by atoms with Gasteiger partial charge in [-0.3, -0.25) is 14.4 Å². The van der Waals surface area contributed by atoms with Gasteiger partial charge in [0, 0.05) is 0 Å². The minimum atomic E-state index is -1.75. The molecule has 0 fully saturated rings. The summed E-state index contributed by atoms with van der Waals surface area (Å²) >= 11 is 0. The predicted molar refractivity (Wildman–Crippen MR) is 92.3 cm³/mol. The Bertz CT molecular complexity index is 759. The molecule has 0 aliphatic carbocycles. The van der Waals surface area contributed by atoms with Crippen molar-refractivity contribution in [3.05, 3.63) is 29.1 Å². The van der Waals surface area contributed by atoms with Crippen molar-refractivity contribution in [2.45, 2.75) is 26.1 Å². The normalized spacial score (nSPS) is 10.4. The number of hydrogen-bond acceptors (Lipinski definition) is 5. The van der Waals surface area contributed by atoms with Crippen molar-refractivity contribution in [2.75, 3.05) is 13.7 Å². The van der Waals surface area contributed by atoms with E-state index in [0.29, 0.717) is 0 Å². The molecule has 0 radical (unpaired) electrons. The molecule has 0 spiro atoms. The smallest absolute Gasteiger partial charge is 0.313 e. The van der Waals surface area contributed by atoms with E-state index in [-0.39, 0.29) is 16.9 Å². The standard InChI is InChI=1S/C17H20FNO5Si/c1-23-17(22)9-14(20)12-8-15(24-10-16(19)21)11(7-13(12)18)5-6-25(2,3)4/h7-8H,9-10H2,1-4H3,(H2,19,21). The molecule has 1 aromatic rings. The summed E-state index contributed by atoms with van der Waals surface area (Å²) in [6.45, 7) is 5.58. The molecule has 6 nitrogen and oxygen atoms in total. The SMILES string of the molecule is COC(=O)CC(=O)c1cc(OCC(N)=O)c(C#C[Si](C)(C)C)cc1F. The second-order valence-electron chi connectivity index (χ2n) is 6.26. The van der Waals surface area contributed by atoms with Crippen molar-refractivity contribution in [1.82, 2.24) is 0 Å². The number of carbonyl (C=O) groups is 3. The number of Topliss-reactive ketones (excluding diaryl/α,β-unsaturated/α-hetero) is 1. The van der Waals surface area contributed by atoms with Gasteiger partial charge in [-0.25, -0.2) is 4.39 Å². The summed E-state index contributed by atoms with van der Waals surface area (Å²) in [5.41, 5.74) is 7.96. The molecule has 0 aromatic heterocycles. The highest BCUT2D eigenvalue weighted by Crippen LogP contribution is 2.24. The maximum atomic E-state index is 14.3. The summed E-state index contributed by atoms with van der Waals surface area (Å²) in [4.78, 5) is 34.2. The lowest BCUT2D eigenvalue weighted by atomic mass is 10.0. The van der Waals surface area contributed by atoms with Gasteiger partial charge in [0.1, 0.15) is 26.1 Å². The first kappa shape index (κ1) is 20.4.